The second kappa shape index (κ2) is 9.56. The summed E-state index contributed by atoms with van der Waals surface area (Å²) in [4.78, 5) is 14.5. The third-order valence-electron chi connectivity index (χ3n) is 5.12. The molecule has 1 aromatic heterocycles. The van der Waals surface area contributed by atoms with Gasteiger partial charge in [-0.05, 0) is 47.8 Å². The minimum atomic E-state index is -3.81. The quantitative estimate of drug-likeness (QED) is 0.546. The highest BCUT2D eigenvalue weighted by Crippen LogP contribution is 2.32. The Balaban J connectivity index is 1.92. The second-order valence-corrected chi connectivity index (χ2v) is 10.7. The topological polar surface area (TPSA) is 75.5 Å². The van der Waals surface area contributed by atoms with Crippen LogP contribution in [0.25, 0.3) is 0 Å². The number of amides is 1. The molecule has 0 N–H and O–H groups in total. The van der Waals surface area contributed by atoms with Gasteiger partial charge in [-0.1, -0.05) is 29.6 Å². The Bertz CT molecular complexity index is 1050. The SMILES string of the molecule is CCn1ncc(Br)c1CN(C)C(=O)c1cc(S(=O)(=O)N2CCCCC2)c(Cl)cc1Cl. The van der Waals surface area contributed by atoms with Gasteiger partial charge in [-0.2, -0.15) is 9.40 Å². The molecule has 0 spiro atoms. The number of aryl methyl sites for hydroxylation is 1. The van der Waals surface area contributed by atoms with Gasteiger partial charge >= 0.3 is 0 Å². The van der Waals surface area contributed by atoms with E-state index in [9.17, 15) is 13.2 Å². The Morgan fingerprint density at radius 1 is 1.20 bits per heavy atom. The molecule has 30 heavy (non-hydrogen) atoms. The molecular formula is C19H23BrCl2N4O3S. The van der Waals surface area contributed by atoms with Crippen LogP contribution < -0.4 is 0 Å². The second-order valence-electron chi connectivity index (χ2n) is 7.14. The van der Waals surface area contributed by atoms with Gasteiger partial charge in [-0.25, -0.2) is 8.42 Å². The average molecular weight is 538 g/mol. The summed E-state index contributed by atoms with van der Waals surface area (Å²) in [5.41, 5.74) is 0.928. The molecule has 0 aliphatic carbocycles. The number of sulfonamides is 1. The number of carbonyl (C=O) groups excluding carboxylic acids is 1. The molecule has 2 aromatic rings. The number of hydrogen-bond acceptors (Lipinski definition) is 4. The zero-order valence-electron chi connectivity index (χ0n) is 16.7. The van der Waals surface area contributed by atoms with Crippen LogP contribution in [0.3, 0.4) is 0 Å². The van der Waals surface area contributed by atoms with Crippen molar-refractivity contribution in [3.63, 3.8) is 0 Å². The van der Waals surface area contributed by atoms with Crippen LogP contribution in [0.2, 0.25) is 10.0 Å². The molecule has 1 aliphatic rings. The molecule has 0 atom stereocenters. The first-order valence-electron chi connectivity index (χ1n) is 9.61. The van der Waals surface area contributed by atoms with Crippen LogP contribution in [0.4, 0.5) is 0 Å². The van der Waals surface area contributed by atoms with Crippen LogP contribution in [0.5, 0.6) is 0 Å². The van der Waals surface area contributed by atoms with Crippen LogP contribution in [-0.2, 0) is 23.1 Å². The van der Waals surface area contributed by atoms with E-state index in [4.69, 9.17) is 23.2 Å². The summed E-state index contributed by atoms with van der Waals surface area (Å²) in [5, 5.41) is 4.37. The van der Waals surface area contributed by atoms with Gasteiger partial charge in [0.25, 0.3) is 5.91 Å². The van der Waals surface area contributed by atoms with Crippen molar-refractivity contribution in [1.82, 2.24) is 19.0 Å². The Morgan fingerprint density at radius 2 is 1.87 bits per heavy atom. The van der Waals surface area contributed by atoms with E-state index >= 15 is 0 Å². The summed E-state index contributed by atoms with van der Waals surface area (Å²) in [6, 6.07) is 2.62. The summed E-state index contributed by atoms with van der Waals surface area (Å²) in [5.74, 6) is -0.400. The molecule has 0 unspecified atom stereocenters. The van der Waals surface area contributed by atoms with Crippen molar-refractivity contribution in [3.8, 4) is 0 Å². The van der Waals surface area contributed by atoms with E-state index in [0.29, 0.717) is 19.6 Å². The van der Waals surface area contributed by atoms with Gasteiger partial charge in [-0.3, -0.25) is 9.48 Å². The van der Waals surface area contributed by atoms with E-state index in [2.05, 4.69) is 21.0 Å². The van der Waals surface area contributed by atoms with E-state index in [1.54, 1.807) is 17.9 Å². The lowest BCUT2D eigenvalue weighted by Gasteiger charge is -2.26. The van der Waals surface area contributed by atoms with Crippen LogP contribution in [-0.4, -0.2) is 53.4 Å². The lowest BCUT2D eigenvalue weighted by atomic mass is 10.2. The van der Waals surface area contributed by atoms with Crippen molar-refractivity contribution >= 4 is 55.1 Å². The van der Waals surface area contributed by atoms with Crippen molar-refractivity contribution in [3.05, 3.63) is 44.1 Å². The number of hydrogen-bond donors (Lipinski definition) is 0. The van der Waals surface area contributed by atoms with Gasteiger partial charge in [0.05, 0.1) is 38.5 Å². The fourth-order valence-corrected chi connectivity index (χ4v) is 6.22. The largest absolute Gasteiger partial charge is 0.336 e. The zero-order valence-corrected chi connectivity index (χ0v) is 20.7. The molecule has 3 rings (SSSR count). The van der Waals surface area contributed by atoms with Crippen LogP contribution in [0, 0.1) is 0 Å². The van der Waals surface area contributed by atoms with Crippen LogP contribution in [0.1, 0.15) is 42.2 Å². The molecule has 1 aromatic carbocycles. The van der Waals surface area contributed by atoms with Gasteiger partial charge in [0.15, 0.2) is 0 Å². The molecule has 0 saturated carbocycles. The summed E-state index contributed by atoms with van der Waals surface area (Å²) in [6.07, 6.45) is 4.28. The predicted molar refractivity (Wildman–Crippen MR) is 120 cm³/mol. The van der Waals surface area contributed by atoms with Crippen molar-refractivity contribution < 1.29 is 13.2 Å². The van der Waals surface area contributed by atoms with Gasteiger partial charge in [0, 0.05) is 26.7 Å². The summed E-state index contributed by atoms with van der Waals surface area (Å²) >= 11 is 16.0. The predicted octanol–water partition coefficient (Wildman–Crippen LogP) is 4.42. The van der Waals surface area contributed by atoms with Crippen molar-refractivity contribution in [2.45, 2.75) is 44.2 Å². The molecule has 1 saturated heterocycles. The Morgan fingerprint density at radius 3 is 2.50 bits per heavy atom. The molecule has 1 fully saturated rings. The number of rotatable bonds is 6. The highest BCUT2D eigenvalue weighted by molar-refractivity contribution is 9.10. The molecule has 0 radical (unpaired) electrons. The van der Waals surface area contributed by atoms with Crippen LogP contribution >= 0.6 is 39.1 Å². The van der Waals surface area contributed by atoms with Gasteiger partial charge in [-0.15, -0.1) is 0 Å². The molecular weight excluding hydrogens is 515 g/mol. The third kappa shape index (κ3) is 4.70. The maximum Gasteiger partial charge on any atom is 0.255 e. The van der Waals surface area contributed by atoms with Gasteiger partial charge < -0.3 is 4.90 Å². The normalized spacial score (nSPS) is 15.4. The first-order valence-corrected chi connectivity index (χ1v) is 12.6. The zero-order chi connectivity index (χ0) is 22.1. The van der Waals surface area contributed by atoms with E-state index in [0.717, 1.165) is 29.4 Å². The first-order chi connectivity index (χ1) is 14.2. The van der Waals surface area contributed by atoms with Crippen LogP contribution in [0.15, 0.2) is 27.7 Å². The van der Waals surface area contributed by atoms with E-state index in [1.807, 2.05) is 6.92 Å². The van der Waals surface area contributed by atoms with Crippen molar-refractivity contribution in [2.24, 2.45) is 0 Å². The van der Waals surface area contributed by atoms with Gasteiger partial charge in [0.1, 0.15) is 4.90 Å². The molecule has 7 nitrogen and oxygen atoms in total. The fraction of sp³-hybridized carbons (Fsp3) is 0.474. The molecule has 0 bridgehead atoms. The molecule has 1 aliphatic heterocycles. The maximum atomic E-state index is 13.1. The summed E-state index contributed by atoms with van der Waals surface area (Å²) < 4.78 is 30.2. The monoisotopic (exact) mass is 536 g/mol. The highest BCUT2D eigenvalue weighted by atomic mass is 79.9. The molecule has 2 heterocycles. The minimum Gasteiger partial charge on any atom is -0.336 e. The highest BCUT2D eigenvalue weighted by Gasteiger charge is 2.30. The minimum absolute atomic E-state index is 0.0107. The fourth-order valence-electron chi connectivity index (χ4n) is 3.45. The van der Waals surface area contributed by atoms with Crippen molar-refractivity contribution in [1.29, 1.82) is 0 Å². The number of aromatic nitrogens is 2. The summed E-state index contributed by atoms with van der Waals surface area (Å²) in [6.45, 7) is 3.78. The third-order valence-corrected chi connectivity index (χ3v) is 8.45. The summed E-state index contributed by atoms with van der Waals surface area (Å²) in [7, 11) is -2.18. The van der Waals surface area contributed by atoms with E-state index < -0.39 is 15.9 Å². The van der Waals surface area contributed by atoms with Crippen molar-refractivity contribution in [2.75, 3.05) is 20.1 Å². The number of carbonyl (C=O) groups is 1. The number of benzene rings is 1. The number of piperidine rings is 1. The molecule has 11 heteroatoms. The smallest absolute Gasteiger partial charge is 0.255 e. The lowest BCUT2D eigenvalue weighted by Crippen LogP contribution is -2.36. The molecule has 1 amide bonds. The maximum absolute atomic E-state index is 13.1. The van der Waals surface area contributed by atoms with E-state index in [1.165, 1.54) is 21.3 Å². The number of nitrogens with zero attached hydrogens (tertiary/aromatic N) is 4. The van der Waals surface area contributed by atoms with Gasteiger partial charge in [0.2, 0.25) is 10.0 Å². The Kier molecular flexibility index (Phi) is 7.50. The average Bonchev–Trinajstić information content (AvgIpc) is 3.07. The Hall–Kier alpha value is -1.13. The standard InChI is InChI=1S/C19H23BrCl2N4O3S/c1-3-26-17(14(20)11-23-26)12-24(2)19(27)13-9-18(16(22)10-15(13)21)30(28,29)25-7-5-4-6-8-25/h9-11H,3-8,12H2,1-2H3. The first kappa shape index (κ1) is 23.5. The van der Waals surface area contributed by atoms with E-state index in [-0.39, 0.29) is 27.0 Å². The molecule has 164 valence electrons. The Labute approximate surface area is 195 Å². The lowest BCUT2D eigenvalue weighted by molar-refractivity contribution is 0.0781. The number of halogens is 3.